The van der Waals surface area contributed by atoms with E-state index in [1.165, 1.54) is 26.5 Å². The van der Waals surface area contributed by atoms with E-state index in [1.54, 1.807) is 39.3 Å². The number of likely N-dealkylation sites (N-methyl/N-ethyl adjacent to an activating group) is 1. The van der Waals surface area contributed by atoms with Crippen LogP contribution in [-0.2, 0) is 50.0 Å². The predicted octanol–water partition coefficient (Wildman–Crippen LogP) is 5.10. The third kappa shape index (κ3) is 11.9. The first kappa shape index (κ1) is 50.8. The maximum atomic E-state index is 14.5. The van der Waals surface area contributed by atoms with Crippen LogP contribution in [0, 0.1) is 23.7 Å². The van der Waals surface area contributed by atoms with Crippen LogP contribution < -0.4 is 5.32 Å². The Labute approximate surface area is 367 Å². The maximum Gasteiger partial charge on any atom is 0.407 e. The highest BCUT2D eigenvalue weighted by Crippen LogP contribution is 2.39. The molecule has 4 rings (SSSR count). The average molecular weight is 872 g/mol. The van der Waals surface area contributed by atoms with E-state index in [0.29, 0.717) is 19.4 Å². The van der Waals surface area contributed by atoms with E-state index in [9.17, 15) is 29.4 Å². The third-order valence-corrected chi connectivity index (χ3v) is 12.9. The molecular formula is C46H73N5O11. The number of Topliss-reactive ketones (excluding diaryl/α,β-unsaturated/α-hetero) is 2. The van der Waals surface area contributed by atoms with Crippen LogP contribution in [0.1, 0.15) is 107 Å². The molecule has 0 radical (unpaired) electrons. The van der Waals surface area contributed by atoms with Gasteiger partial charge in [0.2, 0.25) is 0 Å². The van der Waals surface area contributed by atoms with E-state index >= 15 is 0 Å². The van der Waals surface area contributed by atoms with Gasteiger partial charge >= 0.3 is 12.1 Å². The van der Waals surface area contributed by atoms with Gasteiger partial charge in [0.05, 0.1) is 29.9 Å². The zero-order valence-corrected chi connectivity index (χ0v) is 39.3. The number of rotatable bonds is 11. The molecule has 0 unspecified atom stereocenters. The Bertz CT molecular complexity index is 1830. The maximum absolute atomic E-state index is 14.5. The molecule has 1 aromatic heterocycles. The van der Waals surface area contributed by atoms with Gasteiger partial charge in [0, 0.05) is 43.6 Å². The molecule has 16 nitrogen and oxygen atoms in total. The van der Waals surface area contributed by atoms with Gasteiger partial charge < -0.3 is 44.1 Å². The molecule has 2 aliphatic rings. The second-order valence-electron chi connectivity index (χ2n) is 19.2. The lowest BCUT2D eigenvalue weighted by Gasteiger charge is -2.47. The van der Waals surface area contributed by atoms with Gasteiger partial charge in [-0.25, -0.2) is 4.79 Å². The minimum absolute atomic E-state index is 0.0216. The number of carbonyl (C=O) groups excluding carboxylic acids is 4. The summed E-state index contributed by atoms with van der Waals surface area (Å²) in [6, 6.07) is 7.89. The molecular weight excluding hydrogens is 799 g/mol. The van der Waals surface area contributed by atoms with Crippen molar-refractivity contribution in [2.45, 2.75) is 168 Å². The molecule has 3 N–H and O–H groups in total. The van der Waals surface area contributed by atoms with Gasteiger partial charge in [0.15, 0.2) is 12.1 Å². The molecule has 62 heavy (non-hydrogen) atoms. The number of esters is 1. The molecule has 3 heterocycles. The number of aliphatic hydroxyl groups excluding tert-OH is 1. The highest BCUT2D eigenvalue weighted by Gasteiger charge is 2.53. The number of hydrogen-bond donors (Lipinski definition) is 3. The van der Waals surface area contributed by atoms with E-state index in [4.69, 9.17) is 23.7 Å². The highest BCUT2D eigenvalue weighted by atomic mass is 16.7. The van der Waals surface area contributed by atoms with Gasteiger partial charge in [0.1, 0.15) is 41.3 Å². The number of alkyl carbamates (subject to hydrolysis) is 1. The quantitative estimate of drug-likeness (QED) is 0.153. The average Bonchev–Trinajstić information content (AvgIpc) is 3.70. The number of carbonyl (C=O) groups is 4. The minimum atomic E-state index is -2.07. The molecule has 16 heteroatoms. The predicted molar refractivity (Wildman–Crippen MR) is 232 cm³/mol. The summed E-state index contributed by atoms with van der Waals surface area (Å²) < 4.78 is 32.2. The Balaban J connectivity index is 1.55. The van der Waals surface area contributed by atoms with Gasteiger partial charge in [-0.3, -0.25) is 19.1 Å². The number of nitrogens with one attached hydrogen (secondary N) is 1. The Morgan fingerprint density at radius 2 is 1.65 bits per heavy atom. The first-order valence-corrected chi connectivity index (χ1v) is 22.0. The van der Waals surface area contributed by atoms with Gasteiger partial charge in [-0.2, -0.15) is 0 Å². The number of benzene rings is 1. The fourth-order valence-electron chi connectivity index (χ4n) is 8.91. The van der Waals surface area contributed by atoms with Crippen LogP contribution in [0.4, 0.5) is 4.79 Å². The summed E-state index contributed by atoms with van der Waals surface area (Å²) in [5, 5.41) is 34.9. The third-order valence-electron chi connectivity index (χ3n) is 12.9. The highest BCUT2D eigenvalue weighted by molar-refractivity contribution is 6.00. The lowest BCUT2D eigenvalue weighted by molar-refractivity contribution is -0.295. The summed E-state index contributed by atoms with van der Waals surface area (Å²) in [5.74, 6) is -6.03. The van der Waals surface area contributed by atoms with Crippen LogP contribution in [0.3, 0.4) is 0 Å². The molecule has 0 aliphatic carbocycles. The number of cyclic esters (lactones) is 1. The lowest BCUT2D eigenvalue weighted by atomic mass is 9.74. The normalized spacial score (nSPS) is 34.4. The topological polar surface area (TPSA) is 201 Å². The van der Waals surface area contributed by atoms with Crippen molar-refractivity contribution in [3.05, 3.63) is 36.0 Å². The number of nitrogens with zero attached hydrogens (tertiary/aromatic N) is 4. The van der Waals surface area contributed by atoms with E-state index in [2.05, 4.69) is 48.5 Å². The molecule has 0 bridgehead atoms. The monoisotopic (exact) mass is 872 g/mol. The second kappa shape index (κ2) is 20.8. The van der Waals surface area contributed by atoms with Gasteiger partial charge in [-0.15, -0.1) is 5.10 Å². The van der Waals surface area contributed by atoms with E-state index in [1.807, 2.05) is 44.2 Å². The molecule has 2 aliphatic heterocycles. The van der Waals surface area contributed by atoms with Crippen LogP contribution in [0.15, 0.2) is 30.5 Å². The molecule has 0 saturated carbocycles. The van der Waals surface area contributed by atoms with Crippen LogP contribution in [0.25, 0.3) is 11.3 Å². The first-order valence-electron chi connectivity index (χ1n) is 22.0. The SMILES string of the molecule is CC[C@H]1OC(=O)[C@H](C)C(=O)[C@H](C)[C@@H](O[C@H]2O[C@@H](C)C[C@@H](N(C)C)[C@@H]2O)[C@](C)(OC)C[C@@H](C)C(=O)[C@H](C)[C@@H](OC(=O)NCCCn2cc(-c3ccc(C(C)(C)C)cc3)nn2)[C@]1(C)O. The number of aryl methyl sites for hydroxylation is 1. The Kier molecular flexibility index (Phi) is 17.1. The summed E-state index contributed by atoms with van der Waals surface area (Å²) >= 11 is 0. The van der Waals surface area contributed by atoms with Crippen molar-refractivity contribution in [1.82, 2.24) is 25.2 Å². The number of methoxy groups -OCH3 is 1. The van der Waals surface area contributed by atoms with Crippen molar-refractivity contribution in [2.75, 3.05) is 27.7 Å². The van der Waals surface area contributed by atoms with Crippen LogP contribution in [-0.4, -0.2) is 136 Å². The Morgan fingerprint density at radius 1 is 1.02 bits per heavy atom. The van der Waals surface area contributed by atoms with Crippen molar-refractivity contribution in [2.24, 2.45) is 23.7 Å². The van der Waals surface area contributed by atoms with Gasteiger partial charge in [-0.1, -0.05) is 77.9 Å². The first-order chi connectivity index (χ1) is 28.9. The van der Waals surface area contributed by atoms with E-state index in [-0.39, 0.29) is 42.7 Å². The van der Waals surface area contributed by atoms with Crippen molar-refractivity contribution >= 4 is 23.6 Å². The molecule has 13 atom stereocenters. The zero-order valence-electron chi connectivity index (χ0n) is 39.3. The van der Waals surface area contributed by atoms with Crippen LogP contribution in [0.2, 0.25) is 0 Å². The standard InChI is InChI=1S/C46H73N5O11/c1-15-35-46(11,57)40(62-43(56)47-21-16-22-51-25-33(48-49-51)31-17-19-32(20-18-31)44(7,8)9)28(4)36(52)26(2)24-45(10,58-14)39(29(5)37(53)30(6)41(55)60-35)61-42-38(54)34(50(12)13)23-27(3)59-42/h17-20,25-30,34-35,38-40,42,54,57H,15-16,21-24H2,1-14H3,(H,47,56)/t26-,27+,28+,29+,30-,34-,35-,38+,39-,40-,42-,45-,46-/m1/s1. The Morgan fingerprint density at radius 3 is 2.23 bits per heavy atom. The zero-order chi connectivity index (χ0) is 46.5. The van der Waals surface area contributed by atoms with Crippen molar-refractivity contribution in [3.63, 3.8) is 0 Å². The van der Waals surface area contributed by atoms with Crippen molar-refractivity contribution in [3.8, 4) is 11.3 Å². The molecule has 2 fully saturated rings. The van der Waals surface area contributed by atoms with Gasteiger partial charge in [0.25, 0.3) is 0 Å². The van der Waals surface area contributed by atoms with Crippen molar-refractivity contribution in [1.29, 1.82) is 0 Å². The molecule has 1 aromatic carbocycles. The second-order valence-corrected chi connectivity index (χ2v) is 19.2. The molecule has 1 amide bonds. The van der Waals surface area contributed by atoms with Crippen LogP contribution in [0.5, 0.6) is 0 Å². The Hall–Kier alpha value is -3.80. The molecule has 348 valence electrons. The van der Waals surface area contributed by atoms with Crippen molar-refractivity contribution < 1.29 is 53.1 Å². The molecule has 2 aromatic rings. The smallest absolute Gasteiger partial charge is 0.407 e. The van der Waals surface area contributed by atoms with E-state index in [0.717, 1.165) is 11.3 Å². The fraction of sp³-hybridized carbons (Fsp3) is 0.739. The summed E-state index contributed by atoms with van der Waals surface area (Å²) in [5.41, 5.74) is -0.515. The number of hydrogen-bond acceptors (Lipinski definition) is 14. The largest absolute Gasteiger partial charge is 0.459 e. The van der Waals surface area contributed by atoms with E-state index < -0.39 is 83.4 Å². The van der Waals surface area contributed by atoms with Gasteiger partial charge in [-0.05, 0) is 78.5 Å². The summed E-state index contributed by atoms with van der Waals surface area (Å²) in [7, 11) is 5.14. The number of aliphatic hydroxyl groups is 2. The minimum Gasteiger partial charge on any atom is -0.459 e. The van der Waals surface area contributed by atoms with Crippen LogP contribution >= 0.6 is 0 Å². The lowest BCUT2D eigenvalue weighted by Crippen LogP contribution is -2.60. The summed E-state index contributed by atoms with van der Waals surface area (Å²) in [4.78, 5) is 57.8. The summed E-state index contributed by atoms with van der Waals surface area (Å²) in [6.45, 7) is 20.0. The number of amides is 1. The molecule has 2 saturated heterocycles. The fourth-order valence-corrected chi connectivity index (χ4v) is 8.91. The number of ketones is 2. The molecule has 0 spiro atoms. The number of ether oxygens (including phenoxy) is 5. The number of aromatic nitrogens is 3. The summed E-state index contributed by atoms with van der Waals surface area (Å²) in [6.07, 6.45) is -4.35.